The van der Waals surface area contributed by atoms with Gasteiger partial charge in [0.2, 0.25) is 0 Å². The van der Waals surface area contributed by atoms with Gasteiger partial charge in [0.15, 0.2) is 11.5 Å². The number of carbonyl (C=O) groups excluding carboxylic acids is 1. The van der Waals surface area contributed by atoms with Crippen molar-refractivity contribution in [2.24, 2.45) is 5.84 Å². The molecule has 0 aliphatic carbocycles. The average Bonchev–Trinajstić information content (AvgIpc) is 2.39. The molecule has 1 amide bonds. The fraction of sp³-hybridized carbons (Fsp3) is 0.500. The number of nitrogens with two attached hydrogens (primary N) is 1. The first-order chi connectivity index (χ1) is 8.20. The summed E-state index contributed by atoms with van der Waals surface area (Å²) in [6.45, 7) is 3.24. The molecule has 1 aromatic heterocycles. The van der Waals surface area contributed by atoms with Crippen LogP contribution in [0, 0.1) is 0 Å². The van der Waals surface area contributed by atoms with Crippen LogP contribution in [0.4, 0.5) is 5.82 Å². The van der Waals surface area contributed by atoms with Gasteiger partial charge in [0.25, 0.3) is 5.91 Å². The molecule has 0 saturated carbocycles. The van der Waals surface area contributed by atoms with Crippen molar-refractivity contribution in [1.82, 2.24) is 20.0 Å². The minimum Gasteiger partial charge on any atom is -0.335 e. The maximum Gasteiger partial charge on any atom is 0.274 e. The van der Waals surface area contributed by atoms with Gasteiger partial charge in [0, 0.05) is 26.2 Å². The molecule has 3 N–H and O–H groups in total. The molecule has 17 heavy (non-hydrogen) atoms. The molecular formula is C10H16N6O. The highest BCUT2D eigenvalue weighted by atomic mass is 16.2. The topological polar surface area (TPSA) is 87.4 Å². The molecule has 7 heteroatoms. The molecule has 7 nitrogen and oxygen atoms in total. The summed E-state index contributed by atoms with van der Waals surface area (Å²) in [5.74, 6) is 5.55. The number of hydrazine groups is 1. The van der Waals surface area contributed by atoms with E-state index in [1.807, 2.05) is 7.05 Å². The Bertz CT molecular complexity index is 384. The van der Waals surface area contributed by atoms with Crippen LogP contribution in [0.3, 0.4) is 0 Å². The molecule has 2 heterocycles. The lowest BCUT2D eigenvalue weighted by atomic mass is 10.3. The minimum absolute atomic E-state index is 0.0748. The molecule has 0 unspecified atom stereocenters. The van der Waals surface area contributed by atoms with Gasteiger partial charge in [-0.3, -0.25) is 4.79 Å². The number of rotatable bonds is 2. The number of nitrogens with zero attached hydrogens (tertiary/aromatic N) is 4. The Hall–Kier alpha value is -1.73. The molecule has 1 fully saturated rings. The second-order valence-electron chi connectivity index (χ2n) is 4.04. The molecule has 0 atom stereocenters. The van der Waals surface area contributed by atoms with E-state index in [-0.39, 0.29) is 5.91 Å². The van der Waals surface area contributed by atoms with Crippen molar-refractivity contribution in [3.05, 3.63) is 17.8 Å². The van der Waals surface area contributed by atoms with E-state index < -0.39 is 0 Å². The van der Waals surface area contributed by atoms with E-state index in [4.69, 9.17) is 5.84 Å². The highest BCUT2D eigenvalue weighted by Crippen LogP contribution is 2.06. The molecule has 1 aliphatic rings. The van der Waals surface area contributed by atoms with Crippen LogP contribution >= 0.6 is 0 Å². The summed E-state index contributed by atoms with van der Waals surface area (Å²) in [4.78, 5) is 16.0. The monoisotopic (exact) mass is 236 g/mol. The van der Waals surface area contributed by atoms with E-state index in [9.17, 15) is 4.79 Å². The highest BCUT2D eigenvalue weighted by molar-refractivity contribution is 5.92. The lowest BCUT2D eigenvalue weighted by Gasteiger charge is -2.32. The quantitative estimate of drug-likeness (QED) is 0.514. The number of nitrogen functional groups attached to an aromatic ring is 1. The highest BCUT2D eigenvalue weighted by Gasteiger charge is 2.21. The summed E-state index contributed by atoms with van der Waals surface area (Å²) >= 11 is 0. The lowest BCUT2D eigenvalue weighted by Crippen LogP contribution is -2.47. The molecule has 1 saturated heterocycles. The van der Waals surface area contributed by atoms with Crippen molar-refractivity contribution < 1.29 is 4.79 Å². The van der Waals surface area contributed by atoms with Crippen LogP contribution in [0.25, 0.3) is 0 Å². The summed E-state index contributed by atoms with van der Waals surface area (Å²) in [5.41, 5.74) is 2.73. The van der Waals surface area contributed by atoms with Crippen molar-refractivity contribution in [2.45, 2.75) is 0 Å². The van der Waals surface area contributed by atoms with E-state index in [1.165, 1.54) is 0 Å². The molecule has 2 rings (SSSR count). The standard InChI is InChI=1S/C10H16N6O/c1-15-4-6-16(7-5-15)10(17)8-2-3-9(12-11)14-13-8/h2-3H,4-7,11H2,1H3,(H,12,14). The number of likely N-dealkylation sites (N-methyl/N-ethyl adjacent to an activating group) is 1. The maximum absolute atomic E-state index is 12.1. The Balaban J connectivity index is 2.03. The largest absolute Gasteiger partial charge is 0.335 e. The van der Waals surface area contributed by atoms with Crippen LogP contribution in [-0.4, -0.2) is 59.1 Å². The van der Waals surface area contributed by atoms with Crippen LogP contribution in [0.15, 0.2) is 12.1 Å². The number of anilines is 1. The summed E-state index contributed by atoms with van der Waals surface area (Å²) in [5, 5.41) is 7.63. The van der Waals surface area contributed by atoms with E-state index in [0.29, 0.717) is 11.5 Å². The Labute approximate surface area is 99.6 Å². The zero-order valence-corrected chi connectivity index (χ0v) is 9.76. The predicted molar refractivity (Wildman–Crippen MR) is 63.2 cm³/mol. The molecule has 0 bridgehead atoms. The molecule has 0 spiro atoms. The predicted octanol–water partition coefficient (Wildman–Crippen LogP) is -0.850. The first-order valence-corrected chi connectivity index (χ1v) is 5.49. The van der Waals surface area contributed by atoms with Crippen molar-refractivity contribution in [3.8, 4) is 0 Å². The van der Waals surface area contributed by atoms with E-state index in [0.717, 1.165) is 26.2 Å². The van der Waals surface area contributed by atoms with Gasteiger partial charge in [-0.25, -0.2) is 5.84 Å². The number of amides is 1. The molecule has 1 aromatic rings. The molecule has 92 valence electrons. The fourth-order valence-electron chi connectivity index (χ4n) is 1.69. The van der Waals surface area contributed by atoms with Gasteiger partial charge in [-0.15, -0.1) is 10.2 Å². The summed E-state index contributed by atoms with van der Waals surface area (Å²) in [7, 11) is 2.04. The van der Waals surface area contributed by atoms with Crippen LogP contribution < -0.4 is 11.3 Å². The van der Waals surface area contributed by atoms with Gasteiger partial charge in [0.1, 0.15) is 0 Å². The minimum atomic E-state index is -0.0748. The van der Waals surface area contributed by atoms with Crippen LogP contribution in [0.1, 0.15) is 10.5 Å². The van der Waals surface area contributed by atoms with Gasteiger partial charge in [-0.2, -0.15) is 0 Å². The normalized spacial score (nSPS) is 16.9. The zero-order chi connectivity index (χ0) is 12.3. The van der Waals surface area contributed by atoms with Crippen LogP contribution in [0.5, 0.6) is 0 Å². The Morgan fingerprint density at radius 1 is 1.29 bits per heavy atom. The zero-order valence-electron chi connectivity index (χ0n) is 9.76. The van der Waals surface area contributed by atoms with Crippen molar-refractivity contribution in [1.29, 1.82) is 0 Å². The summed E-state index contributed by atoms with van der Waals surface area (Å²) in [6.07, 6.45) is 0. The molecule has 0 radical (unpaired) electrons. The van der Waals surface area contributed by atoms with Crippen molar-refractivity contribution >= 4 is 11.7 Å². The number of aromatic nitrogens is 2. The average molecular weight is 236 g/mol. The second kappa shape index (κ2) is 5.07. The molecule has 1 aliphatic heterocycles. The third-order valence-electron chi connectivity index (χ3n) is 2.82. The van der Waals surface area contributed by atoms with Crippen LogP contribution in [-0.2, 0) is 0 Å². The lowest BCUT2D eigenvalue weighted by molar-refractivity contribution is 0.0657. The Morgan fingerprint density at radius 3 is 2.53 bits per heavy atom. The Morgan fingerprint density at radius 2 is 2.00 bits per heavy atom. The number of carbonyl (C=O) groups is 1. The van der Waals surface area contributed by atoms with Gasteiger partial charge in [0.05, 0.1) is 0 Å². The summed E-state index contributed by atoms with van der Waals surface area (Å²) in [6, 6.07) is 3.26. The first-order valence-electron chi connectivity index (χ1n) is 5.49. The maximum atomic E-state index is 12.1. The van der Waals surface area contributed by atoms with E-state index in [1.54, 1.807) is 17.0 Å². The number of hydrogen-bond acceptors (Lipinski definition) is 6. The van der Waals surface area contributed by atoms with Gasteiger partial charge in [-0.1, -0.05) is 0 Å². The molecular weight excluding hydrogens is 220 g/mol. The SMILES string of the molecule is CN1CCN(C(=O)c2ccc(NN)nn2)CC1. The molecule has 0 aromatic carbocycles. The van der Waals surface area contributed by atoms with Gasteiger partial charge in [-0.05, 0) is 19.2 Å². The van der Waals surface area contributed by atoms with Gasteiger partial charge < -0.3 is 15.2 Å². The number of hydrogen-bond donors (Lipinski definition) is 2. The smallest absolute Gasteiger partial charge is 0.274 e. The van der Waals surface area contributed by atoms with Crippen LogP contribution in [0.2, 0.25) is 0 Å². The number of nitrogens with one attached hydrogen (secondary N) is 1. The van der Waals surface area contributed by atoms with E-state index in [2.05, 4.69) is 20.5 Å². The Kier molecular flexibility index (Phi) is 3.50. The third-order valence-corrected chi connectivity index (χ3v) is 2.82. The van der Waals surface area contributed by atoms with Crippen molar-refractivity contribution in [3.63, 3.8) is 0 Å². The number of piperazine rings is 1. The third kappa shape index (κ3) is 2.69. The second-order valence-corrected chi connectivity index (χ2v) is 4.04. The first kappa shape index (κ1) is 11.7. The van der Waals surface area contributed by atoms with Gasteiger partial charge >= 0.3 is 0 Å². The van der Waals surface area contributed by atoms with Crippen molar-refractivity contribution in [2.75, 3.05) is 38.7 Å². The fourth-order valence-corrected chi connectivity index (χ4v) is 1.69. The summed E-state index contributed by atoms with van der Waals surface area (Å²) < 4.78 is 0. The van der Waals surface area contributed by atoms with E-state index >= 15 is 0 Å².